The number of ether oxygens (including phenoxy) is 1. The third-order valence-corrected chi connectivity index (χ3v) is 3.48. The standard InChI is InChI=1S/C16H27N3O2.ClH/c1-4-11-21-15-12-13(17)7-8-14(15)16(20)18-9-10-19(5-2)6-3;/h7-8,12H,4-6,9-11,17H2,1-3H3,(H,18,20);1H. The van der Waals surface area contributed by atoms with E-state index in [1.54, 1.807) is 18.2 Å². The number of amides is 1. The first-order valence-corrected chi connectivity index (χ1v) is 7.76. The van der Waals surface area contributed by atoms with Crippen LogP contribution in [0.5, 0.6) is 5.75 Å². The van der Waals surface area contributed by atoms with Crippen molar-refractivity contribution in [2.45, 2.75) is 27.2 Å². The lowest BCUT2D eigenvalue weighted by Gasteiger charge is -2.16. The van der Waals surface area contributed by atoms with E-state index in [2.05, 4.69) is 19.2 Å². The summed E-state index contributed by atoms with van der Waals surface area (Å²) in [5, 5.41) is 2.95. The number of anilines is 1. The second kappa shape index (κ2) is 11.2. The molecule has 1 rings (SSSR count). The first-order valence-electron chi connectivity index (χ1n) is 7.76. The molecule has 0 spiro atoms. The van der Waals surface area contributed by atoms with Gasteiger partial charge in [0.25, 0.3) is 5.91 Å². The molecule has 0 fully saturated rings. The van der Waals surface area contributed by atoms with Gasteiger partial charge in [-0.05, 0) is 32.4 Å². The van der Waals surface area contributed by atoms with Gasteiger partial charge in [0.05, 0.1) is 38.3 Å². The van der Waals surface area contributed by atoms with Crippen molar-refractivity contribution in [1.82, 2.24) is 5.32 Å². The number of hydrogen-bond acceptors (Lipinski definition) is 3. The van der Waals surface area contributed by atoms with Crippen LogP contribution in [0.1, 0.15) is 37.6 Å². The number of benzene rings is 1. The zero-order valence-electron chi connectivity index (χ0n) is 13.7. The fourth-order valence-electron chi connectivity index (χ4n) is 2.11. The normalized spacial score (nSPS) is 10.2. The summed E-state index contributed by atoms with van der Waals surface area (Å²) in [7, 11) is 0. The number of nitrogen functional groups attached to an aromatic ring is 1. The average Bonchev–Trinajstić information content (AvgIpc) is 2.49. The molecule has 0 aliphatic carbocycles. The van der Waals surface area contributed by atoms with Gasteiger partial charge < -0.3 is 33.1 Å². The van der Waals surface area contributed by atoms with E-state index in [9.17, 15) is 4.79 Å². The van der Waals surface area contributed by atoms with E-state index < -0.39 is 0 Å². The largest absolute Gasteiger partial charge is 1.00 e. The Morgan fingerprint density at radius 2 is 1.95 bits per heavy atom. The van der Waals surface area contributed by atoms with Crippen LogP contribution in [0.15, 0.2) is 18.2 Å². The van der Waals surface area contributed by atoms with Crippen molar-refractivity contribution in [3.05, 3.63) is 23.8 Å². The summed E-state index contributed by atoms with van der Waals surface area (Å²) in [6.45, 7) is 10.6. The van der Waals surface area contributed by atoms with Gasteiger partial charge in [0.2, 0.25) is 0 Å². The highest BCUT2D eigenvalue weighted by molar-refractivity contribution is 5.97. The van der Waals surface area contributed by atoms with Crippen LogP contribution in [0.4, 0.5) is 5.69 Å². The highest BCUT2D eigenvalue weighted by Crippen LogP contribution is 2.22. The molecule has 22 heavy (non-hydrogen) atoms. The molecule has 0 unspecified atom stereocenters. The van der Waals surface area contributed by atoms with Gasteiger partial charge in [0.15, 0.2) is 0 Å². The number of hydrogen-bond donors (Lipinski definition) is 3. The Kier molecular flexibility index (Phi) is 10.4. The van der Waals surface area contributed by atoms with Crippen LogP contribution in [-0.4, -0.2) is 38.7 Å². The predicted molar refractivity (Wildman–Crippen MR) is 85.9 cm³/mol. The summed E-state index contributed by atoms with van der Waals surface area (Å²) in [5.74, 6) is 0.456. The average molecular weight is 330 g/mol. The molecule has 0 aromatic heterocycles. The molecule has 5 nitrogen and oxygen atoms in total. The second-order valence-corrected chi connectivity index (χ2v) is 5.07. The van der Waals surface area contributed by atoms with Crippen molar-refractivity contribution in [2.24, 2.45) is 0 Å². The summed E-state index contributed by atoms with van der Waals surface area (Å²) in [6, 6.07) is 5.16. The van der Waals surface area contributed by atoms with Crippen molar-refractivity contribution in [3.63, 3.8) is 0 Å². The molecule has 1 amide bonds. The van der Waals surface area contributed by atoms with Crippen LogP contribution in [0.3, 0.4) is 0 Å². The minimum Gasteiger partial charge on any atom is -1.00 e. The number of carbonyl (C=O) groups excluding carboxylic acids is 1. The Morgan fingerprint density at radius 3 is 2.55 bits per heavy atom. The summed E-state index contributed by atoms with van der Waals surface area (Å²) in [4.78, 5) is 13.7. The summed E-state index contributed by atoms with van der Waals surface area (Å²) in [5.41, 5.74) is 6.91. The van der Waals surface area contributed by atoms with Crippen molar-refractivity contribution in [1.29, 1.82) is 0 Å². The minimum absolute atomic E-state index is 0. The van der Waals surface area contributed by atoms with Gasteiger partial charge in [-0.25, -0.2) is 0 Å². The first kappa shape index (κ1) is 20.5. The van der Waals surface area contributed by atoms with Crippen LogP contribution in [0, 0.1) is 0 Å². The van der Waals surface area contributed by atoms with Crippen LogP contribution in [0.2, 0.25) is 0 Å². The maximum atomic E-state index is 12.3. The number of carbonyl (C=O) groups is 1. The van der Waals surface area contributed by atoms with Gasteiger partial charge in [-0.2, -0.15) is 0 Å². The maximum absolute atomic E-state index is 12.3. The van der Waals surface area contributed by atoms with E-state index in [0.717, 1.165) is 26.1 Å². The predicted octanol–water partition coefficient (Wildman–Crippen LogP) is -2.28. The topological polar surface area (TPSA) is 68.8 Å². The lowest BCUT2D eigenvalue weighted by Crippen LogP contribution is -3.12. The second-order valence-electron chi connectivity index (χ2n) is 5.07. The zero-order chi connectivity index (χ0) is 15.7. The molecule has 0 saturated heterocycles. The SMILES string of the molecule is CCCOc1cc(N)ccc1C(=O)NCC[NH+](CC)CC.[Cl-]. The van der Waals surface area contributed by atoms with E-state index in [1.807, 2.05) is 6.92 Å². The van der Waals surface area contributed by atoms with Crippen LogP contribution in [-0.2, 0) is 0 Å². The molecule has 1 aromatic rings. The third-order valence-electron chi connectivity index (χ3n) is 3.48. The van der Waals surface area contributed by atoms with Crippen molar-refractivity contribution in [3.8, 4) is 5.75 Å². The molecule has 126 valence electrons. The van der Waals surface area contributed by atoms with Gasteiger partial charge in [0.1, 0.15) is 5.75 Å². The van der Waals surface area contributed by atoms with Gasteiger partial charge >= 0.3 is 0 Å². The Labute approximate surface area is 139 Å². The lowest BCUT2D eigenvalue weighted by molar-refractivity contribution is -0.895. The molecule has 1 aromatic carbocycles. The molecule has 0 heterocycles. The van der Waals surface area contributed by atoms with E-state index in [0.29, 0.717) is 30.2 Å². The fraction of sp³-hybridized carbons (Fsp3) is 0.562. The quantitative estimate of drug-likeness (QED) is 0.447. The molecule has 4 N–H and O–H groups in total. The molecule has 0 aliphatic rings. The van der Waals surface area contributed by atoms with Crippen molar-refractivity contribution >= 4 is 11.6 Å². The zero-order valence-corrected chi connectivity index (χ0v) is 14.5. The van der Waals surface area contributed by atoms with Gasteiger partial charge in [0, 0.05) is 11.8 Å². The maximum Gasteiger partial charge on any atom is 0.255 e. The Bertz CT molecular complexity index is 451. The molecule has 0 atom stereocenters. The number of rotatable bonds is 9. The molecule has 0 aliphatic heterocycles. The Morgan fingerprint density at radius 1 is 1.27 bits per heavy atom. The first-order chi connectivity index (χ1) is 10.1. The van der Waals surface area contributed by atoms with Crippen LogP contribution >= 0.6 is 0 Å². The molecular formula is C16H28ClN3O2. The Hall–Kier alpha value is -1.46. The van der Waals surface area contributed by atoms with Crippen molar-refractivity contribution < 1.29 is 26.8 Å². The van der Waals surface area contributed by atoms with Crippen molar-refractivity contribution in [2.75, 3.05) is 38.5 Å². The smallest absolute Gasteiger partial charge is 0.255 e. The Balaban J connectivity index is 0.00000441. The van der Waals surface area contributed by atoms with Crippen LogP contribution < -0.4 is 33.1 Å². The molecule has 0 bridgehead atoms. The van der Waals surface area contributed by atoms with E-state index in [-0.39, 0.29) is 18.3 Å². The minimum atomic E-state index is -0.104. The van der Waals surface area contributed by atoms with E-state index in [4.69, 9.17) is 10.5 Å². The fourth-order valence-corrected chi connectivity index (χ4v) is 2.11. The van der Waals surface area contributed by atoms with E-state index in [1.165, 1.54) is 4.90 Å². The summed E-state index contributed by atoms with van der Waals surface area (Å²) < 4.78 is 5.61. The van der Waals surface area contributed by atoms with Gasteiger partial charge in [-0.3, -0.25) is 4.79 Å². The number of nitrogens with one attached hydrogen (secondary N) is 2. The van der Waals surface area contributed by atoms with Gasteiger partial charge in [-0.1, -0.05) is 6.92 Å². The molecule has 0 radical (unpaired) electrons. The summed E-state index contributed by atoms with van der Waals surface area (Å²) in [6.07, 6.45) is 0.890. The van der Waals surface area contributed by atoms with Crippen LogP contribution in [0.25, 0.3) is 0 Å². The highest BCUT2D eigenvalue weighted by atomic mass is 35.5. The number of halogens is 1. The van der Waals surface area contributed by atoms with E-state index >= 15 is 0 Å². The molecule has 0 saturated carbocycles. The molecule has 6 heteroatoms. The molecular weight excluding hydrogens is 302 g/mol. The monoisotopic (exact) mass is 329 g/mol. The number of nitrogens with two attached hydrogens (primary N) is 1. The number of likely N-dealkylation sites (N-methyl/N-ethyl adjacent to an activating group) is 1. The highest BCUT2D eigenvalue weighted by Gasteiger charge is 2.13. The third kappa shape index (κ3) is 6.54. The van der Waals surface area contributed by atoms with Gasteiger partial charge in [-0.15, -0.1) is 0 Å². The number of quaternary nitrogens is 1. The lowest BCUT2D eigenvalue weighted by atomic mass is 10.1. The summed E-state index contributed by atoms with van der Waals surface area (Å²) >= 11 is 0.